The molecule has 1 aromatic carbocycles. The molecule has 3 fully saturated rings. The van der Waals surface area contributed by atoms with Gasteiger partial charge in [-0.25, -0.2) is 4.79 Å². The lowest BCUT2D eigenvalue weighted by Gasteiger charge is -2.41. The van der Waals surface area contributed by atoms with Gasteiger partial charge in [0.15, 0.2) is 0 Å². The Kier molecular flexibility index (Phi) is 7.66. The van der Waals surface area contributed by atoms with Gasteiger partial charge in [0.05, 0.1) is 19.3 Å². The maximum Gasteiger partial charge on any atom is 0.490 e. The Morgan fingerprint density at radius 2 is 1.84 bits per heavy atom. The van der Waals surface area contributed by atoms with Crippen LogP contribution in [0.3, 0.4) is 0 Å². The first-order chi connectivity index (χ1) is 15.1. The molecule has 1 aromatic rings. The van der Waals surface area contributed by atoms with Gasteiger partial charge in [0, 0.05) is 44.8 Å². The Morgan fingerprint density at radius 1 is 1.16 bits per heavy atom. The van der Waals surface area contributed by atoms with E-state index in [2.05, 4.69) is 9.80 Å². The average Bonchev–Trinajstić information content (AvgIpc) is 3.47. The number of piperidine rings is 1. The Morgan fingerprint density at radius 3 is 2.41 bits per heavy atom. The summed E-state index contributed by atoms with van der Waals surface area (Å²) in [6.07, 6.45) is -1.16. The highest BCUT2D eigenvalue weighted by molar-refractivity contribution is 5.95. The highest BCUT2D eigenvalue weighted by atomic mass is 19.4. The van der Waals surface area contributed by atoms with E-state index >= 15 is 0 Å². The highest BCUT2D eigenvalue weighted by Crippen LogP contribution is 2.37. The number of ether oxygens (including phenoxy) is 2. The van der Waals surface area contributed by atoms with Crippen LogP contribution in [0.15, 0.2) is 24.3 Å². The fraction of sp³-hybridized carbons (Fsp3) is 0.636. The second kappa shape index (κ2) is 10.1. The van der Waals surface area contributed by atoms with Crippen LogP contribution >= 0.6 is 0 Å². The molecule has 2 saturated heterocycles. The summed E-state index contributed by atoms with van der Waals surface area (Å²) in [5, 5.41) is 7.12. The Hall–Kier alpha value is -2.33. The van der Waals surface area contributed by atoms with Gasteiger partial charge in [-0.2, -0.15) is 13.2 Å². The first-order valence-corrected chi connectivity index (χ1v) is 10.6. The van der Waals surface area contributed by atoms with Crippen molar-refractivity contribution >= 4 is 11.9 Å². The van der Waals surface area contributed by atoms with Gasteiger partial charge in [-0.15, -0.1) is 0 Å². The molecule has 1 N–H and O–H groups in total. The minimum absolute atomic E-state index is 0.122. The number of carbonyl (C=O) groups is 2. The SMILES string of the molecule is COc1cccc(C(=O)N2CC[C@@H](OC)[C@H]3CN(CC4CC4)C[C@H]32)c1.O=C(O)C(F)(F)F. The monoisotopic (exact) mass is 458 g/mol. The van der Waals surface area contributed by atoms with Gasteiger partial charge in [0.1, 0.15) is 5.75 Å². The molecule has 1 saturated carbocycles. The predicted molar refractivity (Wildman–Crippen MR) is 110 cm³/mol. The van der Waals surface area contributed by atoms with Crippen molar-refractivity contribution in [1.82, 2.24) is 9.80 Å². The quantitative estimate of drug-likeness (QED) is 0.731. The third kappa shape index (κ3) is 5.92. The lowest BCUT2D eigenvalue weighted by molar-refractivity contribution is -0.192. The Bertz CT molecular complexity index is 815. The van der Waals surface area contributed by atoms with Gasteiger partial charge < -0.3 is 24.4 Å². The number of fused-ring (bicyclic) bond motifs is 1. The molecule has 7 nitrogen and oxygen atoms in total. The highest BCUT2D eigenvalue weighted by Gasteiger charge is 2.46. The van der Waals surface area contributed by atoms with Gasteiger partial charge in [-0.3, -0.25) is 4.79 Å². The minimum Gasteiger partial charge on any atom is -0.497 e. The van der Waals surface area contributed by atoms with Crippen LogP contribution in [0, 0.1) is 11.8 Å². The normalized spacial score (nSPS) is 25.5. The van der Waals surface area contributed by atoms with E-state index in [1.165, 1.54) is 19.4 Å². The summed E-state index contributed by atoms with van der Waals surface area (Å²) >= 11 is 0. The van der Waals surface area contributed by atoms with Crippen molar-refractivity contribution in [1.29, 1.82) is 0 Å². The van der Waals surface area contributed by atoms with Crippen molar-refractivity contribution in [3.8, 4) is 5.75 Å². The lowest BCUT2D eigenvalue weighted by Crippen LogP contribution is -2.53. The summed E-state index contributed by atoms with van der Waals surface area (Å²) in [4.78, 5) is 26.7. The lowest BCUT2D eigenvalue weighted by atomic mass is 9.88. The number of carboxylic acids is 1. The largest absolute Gasteiger partial charge is 0.497 e. The molecule has 32 heavy (non-hydrogen) atoms. The number of hydrogen-bond donors (Lipinski definition) is 1. The number of aliphatic carboxylic acids is 1. The average molecular weight is 458 g/mol. The van der Waals surface area contributed by atoms with Crippen LogP contribution in [0.2, 0.25) is 0 Å². The van der Waals surface area contributed by atoms with Gasteiger partial charge >= 0.3 is 12.1 Å². The van der Waals surface area contributed by atoms with Gasteiger partial charge in [-0.1, -0.05) is 6.07 Å². The molecule has 0 radical (unpaired) electrons. The fourth-order valence-electron chi connectivity index (χ4n) is 4.52. The Balaban J connectivity index is 0.000000360. The minimum atomic E-state index is -5.08. The van der Waals surface area contributed by atoms with Crippen LogP contribution < -0.4 is 4.74 Å². The molecular formula is C22H29F3N2O5. The molecule has 1 amide bonds. The summed E-state index contributed by atoms with van der Waals surface area (Å²) < 4.78 is 42.8. The van der Waals surface area contributed by atoms with Crippen LogP contribution in [-0.4, -0.2) is 85.5 Å². The van der Waals surface area contributed by atoms with Gasteiger partial charge in [0.2, 0.25) is 0 Å². The fourth-order valence-corrected chi connectivity index (χ4v) is 4.52. The summed E-state index contributed by atoms with van der Waals surface area (Å²) in [6, 6.07) is 7.76. The first kappa shape index (κ1) is 24.3. The topological polar surface area (TPSA) is 79.3 Å². The van der Waals surface area contributed by atoms with E-state index < -0.39 is 12.1 Å². The molecule has 0 aromatic heterocycles. The van der Waals surface area contributed by atoms with Crippen molar-refractivity contribution < 1.29 is 37.3 Å². The zero-order chi connectivity index (χ0) is 23.5. The van der Waals surface area contributed by atoms with Crippen molar-refractivity contribution in [2.24, 2.45) is 11.8 Å². The number of carboxylic acid groups (broad SMARTS) is 1. The standard InChI is InChI=1S/C20H28N2O3.C2HF3O2/c1-24-16-5-3-4-15(10-16)20(23)22-9-8-19(25-2)17-12-21(13-18(17)22)11-14-6-7-14;3-2(4,5)1(6)7/h3-5,10,14,17-19H,6-9,11-13H2,1-2H3;(H,6,7)/t17-,18+,19+;/m0./s1. The second-order valence-corrected chi connectivity index (χ2v) is 8.49. The number of halogens is 3. The van der Waals surface area contributed by atoms with E-state index in [0.717, 1.165) is 43.3 Å². The van der Waals surface area contributed by atoms with E-state index in [4.69, 9.17) is 19.4 Å². The molecule has 0 unspecified atom stereocenters. The number of alkyl halides is 3. The number of carbonyl (C=O) groups excluding carboxylic acids is 1. The van der Waals surface area contributed by atoms with E-state index in [-0.39, 0.29) is 18.1 Å². The number of amides is 1. The molecular weight excluding hydrogens is 429 g/mol. The maximum absolute atomic E-state index is 13.2. The molecule has 0 bridgehead atoms. The third-order valence-electron chi connectivity index (χ3n) is 6.28. The van der Waals surface area contributed by atoms with Crippen LogP contribution in [0.4, 0.5) is 13.2 Å². The molecule has 3 atom stereocenters. The van der Waals surface area contributed by atoms with E-state index in [1.54, 1.807) is 7.11 Å². The van der Waals surface area contributed by atoms with Crippen LogP contribution in [0.25, 0.3) is 0 Å². The third-order valence-corrected chi connectivity index (χ3v) is 6.28. The predicted octanol–water partition coefficient (Wildman–Crippen LogP) is 2.90. The maximum atomic E-state index is 13.2. The smallest absolute Gasteiger partial charge is 0.490 e. The molecule has 3 aliphatic rings. The molecule has 10 heteroatoms. The molecule has 0 spiro atoms. The van der Waals surface area contributed by atoms with Crippen molar-refractivity contribution in [2.75, 3.05) is 40.4 Å². The number of hydrogen-bond acceptors (Lipinski definition) is 5. The van der Waals surface area contributed by atoms with Crippen LogP contribution in [-0.2, 0) is 9.53 Å². The van der Waals surface area contributed by atoms with E-state index in [0.29, 0.717) is 5.92 Å². The summed E-state index contributed by atoms with van der Waals surface area (Å²) in [5.41, 5.74) is 0.717. The van der Waals surface area contributed by atoms with Gasteiger partial charge in [-0.05, 0) is 43.4 Å². The second-order valence-electron chi connectivity index (χ2n) is 8.49. The van der Waals surface area contributed by atoms with Crippen molar-refractivity contribution in [3.05, 3.63) is 29.8 Å². The molecule has 2 aliphatic heterocycles. The van der Waals surface area contributed by atoms with Crippen molar-refractivity contribution in [3.63, 3.8) is 0 Å². The van der Waals surface area contributed by atoms with E-state index in [9.17, 15) is 18.0 Å². The van der Waals surface area contributed by atoms with Crippen molar-refractivity contribution in [2.45, 2.75) is 37.6 Å². The zero-order valence-corrected chi connectivity index (χ0v) is 18.2. The van der Waals surface area contributed by atoms with Crippen LogP contribution in [0.5, 0.6) is 5.75 Å². The molecule has 178 valence electrons. The molecule has 2 heterocycles. The van der Waals surface area contributed by atoms with Gasteiger partial charge in [0.25, 0.3) is 5.91 Å². The summed E-state index contributed by atoms with van der Waals surface area (Å²) in [6.45, 7) is 4.00. The summed E-state index contributed by atoms with van der Waals surface area (Å²) in [7, 11) is 3.45. The number of benzene rings is 1. The first-order valence-electron chi connectivity index (χ1n) is 10.6. The zero-order valence-electron chi connectivity index (χ0n) is 18.2. The molecule has 1 aliphatic carbocycles. The Labute approximate surface area is 185 Å². The number of methoxy groups -OCH3 is 2. The number of nitrogens with zero attached hydrogens (tertiary/aromatic N) is 2. The van der Waals surface area contributed by atoms with E-state index in [1.807, 2.05) is 31.4 Å². The molecule has 4 rings (SSSR count). The summed E-state index contributed by atoms with van der Waals surface area (Å²) in [5.74, 6) is -0.601. The number of likely N-dealkylation sites (tertiary alicyclic amines) is 2. The van der Waals surface area contributed by atoms with Crippen LogP contribution in [0.1, 0.15) is 29.6 Å². The number of rotatable bonds is 5.